The van der Waals surface area contributed by atoms with E-state index in [2.05, 4.69) is 48.0 Å². The van der Waals surface area contributed by atoms with Crippen molar-refractivity contribution in [1.82, 2.24) is 9.88 Å². The molecule has 0 bridgehead atoms. The third kappa shape index (κ3) is 4.36. The molecule has 0 aliphatic carbocycles. The lowest BCUT2D eigenvalue weighted by atomic mass is 10.1. The number of aromatic nitrogens is 1. The predicted molar refractivity (Wildman–Crippen MR) is 121 cm³/mol. The second-order valence-electron chi connectivity index (χ2n) is 7.73. The van der Waals surface area contributed by atoms with Gasteiger partial charge in [-0.3, -0.25) is 4.79 Å². The first-order valence-electron chi connectivity index (χ1n) is 10.1. The molecule has 0 spiro atoms. The molecule has 1 amide bonds. The lowest BCUT2D eigenvalue weighted by Crippen LogP contribution is -2.27. The Morgan fingerprint density at radius 1 is 1.07 bits per heavy atom. The molecule has 4 nitrogen and oxygen atoms in total. The van der Waals surface area contributed by atoms with Gasteiger partial charge < -0.3 is 9.88 Å². The summed E-state index contributed by atoms with van der Waals surface area (Å²) in [5.74, 6) is -0.370. The maximum absolute atomic E-state index is 12.7. The third-order valence-electron chi connectivity index (χ3n) is 5.38. The van der Waals surface area contributed by atoms with Gasteiger partial charge in [0.2, 0.25) is 0 Å². The fourth-order valence-electron chi connectivity index (χ4n) is 3.76. The molecule has 4 heteroatoms. The van der Waals surface area contributed by atoms with Gasteiger partial charge in [-0.25, -0.2) is 0 Å². The molecule has 1 N–H and O–H groups in total. The van der Waals surface area contributed by atoms with Gasteiger partial charge >= 0.3 is 0 Å². The lowest BCUT2D eigenvalue weighted by Gasteiger charge is -2.14. The van der Waals surface area contributed by atoms with E-state index in [0.717, 1.165) is 28.2 Å². The van der Waals surface area contributed by atoms with Gasteiger partial charge in [-0.1, -0.05) is 48.0 Å². The number of rotatable bonds is 5. The number of benzene rings is 2. The van der Waals surface area contributed by atoms with E-state index in [1.807, 2.05) is 57.2 Å². The molecule has 0 saturated heterocycles. The van der Waals surface area contributed by atoms with E-state index in [1.54, 1.807) is 6.08 Å². The smallest absolute Gasteiger partial charge is 0.262 e. The Hall–Kier alpha value is -3.58. The Kier molecular flexibility index (Phi) is 6.23. The van der Waals surface area contributed by atoms with Crippen LogP contribution in [0.5, 0.6) is 0 Å². The molecule has 0 unspecified atom stereocenters. The molecule has 3 rings (SSSR count). The average Bonchev–Trinajstić information content (AvgIpc) is 3.00. The largest absolute Gasteiger partial charge is 0.345 e. The maximum Gasteiger partial charge on any atom is 0.262 e. The zero-order valence-corrected chi connectivity index (χ0v) is 18.2. The summed E-state index contributed by atoms with van der Waals surface area (Å²) in [5.41, 5.74) is 7.52. The topological polar surface area (TPSA) is 57.8 Å². The Morgan fingerprint density at radius 3 is 2.40 bits per heavy atom. The van der Waals surface area contributed by atoms with Crippen LogP contribution in [-0.2, 0) is 4.79 Å². The highest BCUT2D eigenvalue weighted by Crippen LogP contribution is 2.25. The second kappa shape index (κ2) is 8.84. The number of nitriles is 1. The van der Waals surface area contributed by atoms with Crippen molar-refractivity contribution in [1.29, 1.82) is 5.26 Å². The number of carbonyl (C=O) groups is 1. The van der Waals surface area contributed by atoms with E-state index in [0.29, 0.717) is 0 Å². The molecule has 1 aromatic heterocycles. The molecule has 3 aromatic rings. The van der Waals surface area contributed by atoms with Gasteiger partial charge in [-0.15, -0.1) is 0 Å². The van der Waals surface area contributed by atoms with E-state index < -0.39 is 0 Å². The highest BCUT2D eigenvalue weighted by molar-refractivity contribution is 6.02. The van der Waals surface area contributed by atoms with Gasteiger partial charge in [-0.2, -0.15) is 5.26 Å². The number of aryl methyl sites for hydroxylation is 3. The quantitative estimate of drug-likeness (QED) is 0.457. The van der Waals surface area contributed by atoms with E-state index in [1.165, 1.54) is 11.1 Å². The van der Waals surface area contributed by atoms with Crippen molar-refractivity contribution in [3.8, 4) is 11.8 Å². The first kappa shape index (κ1) is 21.1. The van der Waals surface area contributed by atoms with Gasteiger partial charge in [-0.05, 0) is 69.5 Å². The zero-order chi connectivity index (χ0) is 21.8. The summed E-state index contributed by atoms with van der Waals surface area (Å²) in [7, 11) is 0. The van der Waals surface area contributed by atoms with Gasteiger partial charge in [0.05, 0.1) is 6.04 Å². The number of amides is 1. The minimum absolute atomic E-state index is 0.0960. The van der Waals surface area contributed by atoms with Crippen LogP contribution in [0.2, 0.25) is 0 Å². The van der Waals surface area contributed by atoms with Crippen LogP contribution in [0, 0.1) is 39.0 Å². The van der Waals surface area contributed by atoms with Gasteiger partial charge in [0.25, 0.3) is 5.91 Å². The van der Waals surface area contributed by atoms with Gasteiger partial charge in [0.1, 0.15) is 11.6 Å². The molecular weight excluding hydrogens is 370 g/mol. The molecule has 0 saturated carbocycles. The van der Waals surface area contributed by atoms with Gasteiger partial charge in [0, 0.05) is 17.1 Å². The lowest BCUT2D eigenvalue weighted by molar-refractivity contribution is -0.117. The van der Waals surface area contributed by atoms with Crippen molar-refractivity contribution in [3.05, 3.63) is 93.8 Å². The highest BCUT2D eigenvalue weighted by Gasteiger charge is 2.16. The van der Waals surface area contributed by atoms with E-state index in [9.17, 15) is 10.1 Å². The summed E-state index contributed by atoms with van der Waals surface area (Å²) in [4.78, 5) is 12.7. The van der Waals surface area contributed by atoms with E-state index in [-0.39, 0.29) is 17.5 Å². The van der Waals surface area contributed by atoms with E-state index in [4.69, 9.17) is 0 Å². The van der Waals surface area contributed by atoms with Crippen LogP contribution in [-0.4, -0.2) is 10.5 Å². The Bertz CT molecular complexity index is 1150. The first-order valence-corrected chi connectivity index (χ1v) is 10.1. The van der Waals surface area contributed by atoms with Crippen molar-refractivity contribution < 1.29 is 4.79 Å². The summed E-state index contributed by atoms with van der Waals surface area (Å²) in [6.07, 6.45) is 1.68. The van der Waals surface area contributed by atoms with Crippen molar-refractivity contribution in [3.63, 3.8) is 0 Å². The molecule has 1 atom stereocenters. The Labute approximate surface area is 178 Å². The summed E-state index contributed by atoms with van der Waals surface area (Å²) in [5, 5.41) is 12.5. The van der Waals surface area contributed by atoms with Crippen LogP contribution in [0.1, 0.15) is 46.6 Å². The van der Waals surface area contributed by atoms with Crippen LogP contribution in [0.25, 0.3) is 11.8 Å². The number of hydrogen-bond acceptors (Lipinski definition) is 2. The average molecular weight is 398 g/mol. The summed E-state index contributed by atoms with van der Waals surface area (Å²) >= 11 is 0. The zero-order valence-electron chi connectivity index (χ0n) is 18.2. The SMILES string of the molecule is Cc1ccc(-n2c(C)cc(/C=C(/C#N)C(=O)N[C@@H](C)c3ccccc3)c2C)c(C)c1. The molecule has 152 valence electrons. The number of nitrogens with zero attached hydrogens (tertiary/aromatic N) is 2. The van der Waals surface area contributed by atoms with Crippen LogP contribution in [0.3, 0.4) is 0 Å². The van der Waals surface area contributed by atoms with E-state index >= 15 is 0 Å². The summed E-state index contributed by atoms with van der Waals surface area (Å²) < 4.78 is 2.17. The molecule has 30 heavy (non-hydrogen) atoms. The Balaban J connectivity index is 1.91. The number of carbonyl (C=O) groups excluding carboxylic acids is 1. The summed E-state index contributed by atoms with van der Waals surface area (Å²) in [6, 6.07) is 20.0. The highest BCUT2D eigenvalue weighted by atomic mass is 16.1. The molecule has 0 fully saturated rings. The molecule has 2 aromatic carbocycles. The van der Waals surface area contributed by atoms with Crippen LogP contribution in [0.15, 0.2) is 60.2 Å². The fourth-order valence-corrected chi connectivity index (χ4v) is 3.76. The molecule has 0 radical (unpaired) electrons. The molecule has 1 heterocycles. The maximum atomic E-state index is 12.7. The van der Waals surface area contributed by atoms with Gasteiger partial charge in [0.15, 0.2) is 0 Å². The van der Waals surface area contributed by atoms with Crippen molar-refractivity contribution in [2.75, 3.05) is 0 Å². The normalized spacial score (nSPS) is 12.3. The van der Waals surface area contributed by atoms with Crippen molar-refractivity contribution in [2.45, 2.75) is 40.7 Å². The van der Waals surface area contributed by atoms with Crippen LogP contribution in [0.4, 0.5) is 0 Å². The molecule has 0 aliphatic heterocycles. The minimum atomic E-state index is -0.370. The monoisotopic (exact) mass is 397 g/mol. The molecular formula is C26H27N3O. The number of hydrogen-bond donors (Lipinski definition) is 1. The third-order valence-corrected chi connectivity index (χ3v) is 5.38. The van der Waals surface area contributed by atoms with Crippen LogP contribution >= 0.6 is 0 Å². The number of nitrogens with one attached hydrogen (secondary N) is 1. The predicted octanol–water partition coefficient (Wildman–Crippen LogP) is 5.50. The standard InChI is InChI=1S/C26H27N3O/c1-17-11-12-25(18(2)13-17)29-19(3)14-23(21(29)5)15-24(16-27)26(30)28-20(4)22-9-7-6-8-10-22/h6-15,20H,1-5H3,(H,28,30)/b24-15-/t20-/m0/s1. The van der Waals surface area contributed by atoms with Crippen molar-refractivity contribution >= 4 is 12.0 Å². The van der Waals surface area contributed by atoms with Crippen LogP contribution < -0.4 is 5.32 Å². The fraction of sp³-hybridized carbons (Fsp3) is 0.231. The molecule has 0 aliphatic rings. The Morgan fingerprint density at radius 2 is 1.77 bits per heavy atom. The summed E-state index contributed by atoms with van der Waals surface area (Å²) in [6.45, 7) is 10.1. The first-order chi connectivity index (χ1) is 14.3. The minimum Gasteiger partial charge on any atom is -0.345 e. The van der Waals surface area contributed by atoms with Crippen molar-refractivity contribution in [2.24, 2.45) is 0 Å². The second-order valence-corrected chi connectivity index (χ2v) is 7.73.